The number of benzene rings is 2. The number of furan rings is 1. The number of fused-ring (bicyclic) bond motifs is 1. The van der Waals surface area contributed by atoms with E-state index in [1.807, 2.05) is 13.8 Å². The average molecular weight is 423 g/mol. The monoisotopic (exact) mass is 423 g/mol. The highest BCUT2D eigenvalue weighted by molar-refractivity contribution is 6.12. The second kappa shape index (κ2) is 7.94. The molecule has 9 heteroatoms. The first-order valence-electron chi connectivity index (χ1n) is 9.38. The van der Waals surface area contributed by atoms with Crippen LogP contribution in [0.15, 0.2) is 53.2 Å². The minimum atomic E-state index is -1.25. The molecule has 31 heavy (non-hydrogen) atoms. The highest BCUT2D eigenvalue weighted by atomic mass is 19.1. The number of H-pyrrole nitrogens is 1. The molecule has 0 radical (unpaired) electrons. The number of aromatic nitrogens is 2. The molecular weight excluding hydrogens is 405 g/mol. The fourth-order valence-corrected chi connectivity index (χ4v) is 3.22. The third-order valence-electron chi connectivity index (χ3n) is 4.41. The van der Waals surface area contributed by atoms with Crippen molar-refractivity contribution in [1.82, 2.24) is 9.97 Å². The van der Waals surface area contributed by atoms with Gasteiger partial charge in [0.05, 0.1) is 11.7 Å². The van der Waals surface area contributed by atoms with Crippen LogP contribution in [0.1, 0.15) is 24.2 Å². The molecule has 4 aromatic rings. The van der Waals surface area contributed by atoms with Crippen LogP contribution in [0.2, 0.25) is 0 Å². The molecule has 0 saturated heterocycles. The van der Waals surface area contributed by atoms with Crippen molar-refractivity contribution in [3.63, 3.8) is 0 Å². The van der Waals surface area contributed by atoms with E-state index in [2.05, 4.69) is 14.7 Å². The van der Waals surface area contributed by atoms with Crippen LogP contribution in [0.25, 0.3) is 33.7 Å². The highest BCUT2D eigenvalue weighted by Gasteiger charge is 2.27. The Hall–Kier alpha value is -4.14. The Kier molecular flexibility index (Phi) is 5.16. The van der Waals surface area contributed by atoms with Gasteiger partial charge in [-0.15, -0.1) is 0 Å². The quantitative estimate of drug-likeness (QED) is 0.356. The van der Waals surface area contributed by atoms with E-state index in [4.69, 9.17) is 14.9 Å². The van der Waals surface area contributed by atoms with E-state index < -0.39 is 17.9 Å². The first kappa shape index (κ1) is 20.1. The predicted molar refractivity (Wildman–Crippen MR) is 110 cm³/mol. The van der Waals surface area contributed by atoms with Crippen molar-refractivity contribution >= 4 is 23.0 Å². The number of hydrogen-bond donors (Lipinski definition) is 2. The SMILES string of the molecule is CC(C)Oc1cc2c(C(=O)OC(N)=O)c(-c3ccc(F)cc3)oc2cc1-c1ncc[nH]1. The Labute approximate surface area is 175 Å². The molecule has 0 spiro atoms. The zero-order chi connectivity index (χ0) is 22.1. The summed E-state index contributed by atoms with van der Waals surface area (Å²) < 4.78 is 29.9. The number of primary amides is 1. The second-order valence-electron chi connectivity index (χ2n) is 6.97. The zero-order valence-electron chi connectivity index (χ0n) is 16.6. The van der Waals surface area contributed by atoms with Gasteiger partial charge in [-0.1, -0.05) is 0 Å². The lowest BCUT2D eigenvalue weighted by Gasteiger charge is -2.13. The molecule has 2 aromatic carbocycles. The van der Waals surface area contributed by atoms with Crippen molar-refractivity contribution in [2.75, 3.05) is 0 Å². The number of amides is 1. The maximum atomic E-state index is 13.4. The number of ether oxygens (including phenoxy) is 2. The fourth-order valence-electron chi connectivity index (χ4n) is 3.22. The molecule has 2 aromatic heterocycles. The van der Waals surface area contributed by atoms with Gasteiger partial charge in [-0.3, -0.25) is 0 Å². The average Bonchev–Trinajstić information content (AvgIpc) is 3.34. The van der Waals surface area contributed by atoms with Crippen molar-refractivity contribution < 1.29 is 27.9 Å². The predicted octanol–water partition coefficient (Wildman–Crippen LogP) is 4.65. The Morgan fingerprint density at radius 3 is 2.55 bits per heavy atom. The number of carbonyl (C=O) groups is 2. The summed E-state index contributed by atoms with van der Waals surface area (Å²) >= 11 is 0. The number of rotatable bonds is 5. The van der Waals surface area contributed by atoms with Gasteiger partial charge in [0.1, 0.15) is 34.3 Å². The number of aromatic amines is 1. The van der Waals surface area contributed by atoms with Crippen LogP contribution in [0, 0.1) is 5.82 Å². The fraction of sp³-hybridized carbons (Fsp3) is 0.136. The van der Waals surface area contributed by atoms with E-state index in [1.165, 1.54) is 24.3 Å². The van der Waals surface area contributed by atoms with Crippen molar-refractivity contribution in [1.29, 1.82) is 0 Å². The van der Waals surface area contributed by atoms with Gasteiger partial charge in [-0.25, -0.2) is 19.0 Å². The van der Waals surface area contributed by atoms with Gasteiger partial charge in [0, 0.05) is 23.3 Å². The molecule has 8 nitrogen and oxygen atoms in total. The van der Waals surface area contributed by atoms with Gasteiger partial charge in [0.15, 0.2) is 0 Å². The van der Waals surface area contributed by atoms with E-state index in [9.17, 15) is 14.0 Å². The van der Waals surface area contributed by atoms with Crippen molar-refractivity contribution in [3.05, 3.63) is 60.2 Å². The third-order valence-corrected chi connectivity index (χ3v) is 4.41. The van der Waals surface area contributed by atoms with Gasteiger partial charge in [0.25, 0.3) is 0 Å². The number of imidazole rings is 1. The molecule has 0 fully saturated rings. The molecule has 0 aliphatic heterocycles. The molecule has 0 unspecified atom stereocenters. The van der Waals surface area contributed by atoms with E-state index in [0.717, 1.165) is 0 Å². The molecule has 0 aliphatic carbocycles. The van der Waals surface area contributed by atoms with E-state index >= 15 is 0 Å². The van der Waals surface area contributed by atoms with Crippen LogP contribution in [-0.2, 0) is 4.74 Å². The maximum absolute atomic E-state index is 13.4. The van der Waals surface area contributed by atoms with Crippen LogP contribution >= 0.6 is 0 Å². The Morgan fingerprint density at radius 2 is 1.94 bits per heavy atom. The van der Waals surface area contributed by atoms with Crippen LogP contribution in [-0.4, -0.2) is 28.1 Å². The van der Waals surface area contributed by atoms with Crippen LogP contribution in [0.5, 0.6) is 5.75 Å². The largest absolute Gasteiger partial charge is 0.490 e. The molecule has 0 atom stereocenters. The van der Waals surface area contributed by atoms with Gasteiger partial charge in [0.2, 0.25) is 0 Å². The Balaban J connectivity index is 1.99. The molecule has 0 saturated carbocycles. The van der Waals surface area contributed by atoms with Crippen LogP contribution in [0.4, 0.5) is 9.18 Å². The van der Waals surface area contributed by atoms with E-state index in [1.54, 1.807) is 24.5 Å². The van der Waals surface area contributed by atoms with Gasteiger partial charge in [-0.2, -0.15) is 0 Å². The van der Waals surface area contributed by atoms with E-state index in [0.29, 0.717) is 33.7 Å². The number of nitrogens with two attached hydrogens (primary N) is 1. The Bertz CT molecular complexity index is 1260. The standard InChI is InChI=1S/C22H18FN3O5/c1-11(2)29-17-9-14-16(10-15(17)20-25-7-8-26-20)30-19(12-3-5-13(23)6-4-12)18(14)21(27)31-22(24)28/h3-11H,1-2H3,(H2,24,28)(H,25,26). The summed E-state index contributed by atoms with van der Waals surface area (Å²) in [6.45, 7) is 3.72. The first-order valence-corrected chi connectivity index (χ1v) is 9.38. The number of nitrogens with one attached hydrogen (secondary N) is 1. The van der Waals surface area contributed by atoms with Crippen molar-refractivity contribution in [2.45, 2.75) is 20.0 Å². The van der Waals surface area contributed by atoms with Gasteiger partial charge >= 0.3 is 12.1 Å². The van der Waals surface area contributed by atoms with Crippen molar-refractivity contribution in [2.24, 2.45) is 5.73 Å². The summed E-state index contributed by atoms with van der Waals surface area (Å²) in [5.41, 5.74) is 6.36. The molecule has 1 amide bonds. The normalized spacial score (nSPS) is 11.1. The summed E-state index contributed by atoms with van der Waals surface area (Å²) in [7, 11) is 0. The van der Waals surface area contributed by atoms with Crippen LogP contribution in [0.3, 0.4) is 0 Å². The smallest absolute Gasteiger partial charge is 0.412 e. The molecule has 158 valence electrons. The summed E-state index contributed by atoms with van der Waals surface area (Å²) in [5, 5.41) is 0.344. The molecule has 2 heterocycles. The lowest BCUT2D eigenvalue weighted by Crippen LogP contribution is -2.18. The topological polar surface area (TPSA) is 120 Å². The van der Waals surface area contributed by atoms with Crippen LogP contribution < -0.4 is 10.5 Å². The summed E-state index contributed by atoms with van der Waals surface area (Å²) in [5.74, 6) is -0.357. The highest BCUT2D eigenvalue weighted by Crippen LogP contribution is 2.40. The number of carbonyl (C=O) groups excluding carboxylic acids is 2. The lowest BCUT2D eigenvalue weighted by atomic mass is 10.0. The molecule has 0 bridgehead atoms. The third kappa shape index (κ3) is 3.97. The number of esters is 1. The van der Waals surface area contributed by atoms with Crippen molar-refractivity contribution in [3.8, 4) is 28.5 Å². The lowest BCUT2D eigenvalue weighted by molar-refractivity contribution is 0.0640. The summed E-state index contributed by atoms with van der Waals surface area (Å²) in [6, 6.07) is 8.64. The number of hydrogen-bond acceptors (Lipinski definition) is 6. The molecule has 0 aliphatic rings. The molecular formula is C22H18FN3O5. The number of nitrogens with zero attached hydrogens (tertiary/aromatic N) is 1. The first-order chi connectivity index (χ1) is 14.8. The second-order valence-corrected chi connectivity index (χ2v) is 6.97. The molecule has 4 rings (SSSR count). The number of halogens is 1. The molecule has 3 N–H and O–H groups in total. The summed E-state index contributed by atoms with van der Waals surface area (Å²) in [6.07, 6.45) is 1.84. The minimum Gasteiger partial charge on any atom is -0.490 e. The summed E-state index contributed by atoms with van der Waals surface area (Å²) in [4.78, 5) is 31.2. The maximum Gasteiger partial charge on any atom is 0.412 e. The zero-order valence-corrected chi connectivity index (χ0v) is 16.6. The minimum absolute atomic E-state index is 0.0278. The van der Waals surface area contributed by atoms with Gasteiger partial charge < -0.3 is 24.6 Å². The van der Waals surface area contributed by atoms with Gasteiger partial charge in [-0.05, 0) is 50.2 Å². The Morgan fingerprint density at radius 1 is 1.19 bits per heavy atom. The van der Waals surface area contributed by atoms with E-state index in [-0.39, 0.29) is 17.4 Å².